The highest BCUT2D eigenvalue weighted by Crippen LogP contribution is 2.10. The van der Waals surface area contributed by atoms with Crippen LogP contribution < -0.4 is 0 Å². The summed E-state index contributed by atoms with van der Waals surface area (Å²) < 4.78 is 0. The van der Waals surface area contributed by atoms with Crippen LogP contribution in [0.3, 0.4) is 0 Å². The molecule has 0 aliphatic carbocycles. The summed E-state index contributed by atoms with van der Waals surface area (Å²) in [6.45, 7) is 3.59. The Labute approximate surface area is 68.8 Å². The summed E-state index contributed by atoms with van der Waals surface area (Å²) >= 11 is 0. The zero-order valence-corrected chi connectivity index (χ0v) is 7.15. The highest BCUT2D eigenvalue weighted by molar-refractivity contribution is 5.21. The highest BCUT2D eigenvalue weighted by Gasteiger charge is 2.10. The Morgan fingerprint density at radius 3 is 2.55 bits per heavy atom. The second kappa shape index (κ2) is 4.83. The number of unbranched alkanes of at least 4 members (excludes halogenated alkanes) is 1. The molecule has 0 unspecified atom stereocenters. The quantitative estimate of drug-likeness (QED) is 0.478. The lowest BCUT2D eigenvalue weighted by atomic mass is 10.0. The lowest BCUT2D eigenvalue weighted by Gasteiger charge is -2.15. The first kappa shape index (κ1) is 10.1. The van der Waals surface area contributed by atoms with Gasteiger partial charge in [-0.3, -0.25) is 0 Å². The number of terminal acetylenes is 1. The van der Waals surface area contributed by atoms with Crippen molar-refractivity contribution in [2.24, 2.45) is 0 Å². The van der Waals surface area contributed by atoms with E-state index in [9.17, 15) is 5.11 Å². The molecule has 0 heterocycles. The number of hydrogen-bond acceptors (Lipinski definition) is 1. The van der Waals surface area contributed by atoms with Crippen LogP contribution in [0.4, 0.5) is 0 Å². The van der Waals surface area contributed by atoms with Crippen LogP contribution >= 0.6 is 0 Å². The average Bonchev–Trinajstić information content (AvgIpc) is 1.85. The second-order valence-electron chi connectivity index (χ2n) is 3.11. The van der Waals surface area contributed by atoms with E-state index in [0.29, 0.717) is 0 Å². The van der Waals surface area contributed by atoms with E-state index in [1.54, 1.807) is 13.8 Å². The topological polar surface area (TPSA) is 20.2 Å². The molecule has 0 amide bonds. The van der Waals surface area contributed by atoms with Crippen LogP contribution in [0, 0.1) is 24.2 Å². The summed E-state index contributed by atoms with van der Waals surface area (Å²) in [5.74, 6) is 7.58. The molecule has 0 aromatic rings. The highest BCUT2D eigenvalue weighted by atomic mass is 16.3. The third-order valence-electron chi connectivity index (χ3n) is 1.25. The molecule has 0 fully saturated rings. The van der Waals surface area contributed by atoms with Gasteiger partial charge >= 0.3 is 0 Å². The third kappa shape index (κ3) is 9.08. The minimum Gasteiger partial charge on any atom is -0.390 e. The van der Waals surface area contributed by atoms with Gasteiger partial charge in [-0.05, 0) is 38.5 Å². The Bertz CT molecular complexity index is 192. The molecule has 0 rings (SSSR count). The van der Waals surface area contributed by atoms with Crippen molar-refractivity contribution in [2.75, 3.05) is 0 Å². The molecule has 0 saturated heterocycles. The van der Waals surface area contributed by atoms with Crippen molar-refractivity contribution in [1.82, 2.24) is 0 Å². The minimum atomic E-state index is -0.572. The fourth-order valence-corrected chi connectivity index (χ4v) is 0.723. The molecule has 0 spiro atoms. The molecule has 60 valence electrons. The van der Waals surface area contributed by atoms with Gasteiger partial charge < -0.3 is 5.11 Å². The summed E-state index contributed by atoms with van der Waals surface area (Å²) in [6.07, 6.45) is 7.37. The maximum Gasteiger partial charge on any atom is 0.0592 e. The second-order valence-corrected chi connectivity index (χ2v) is 3.11. The Hall–Kier alpha value is -0.920. The molecule has 0 saturated carbocycles. The molecule has 0 aromatic heterocycles. The van der Waals surface area contributed by atoms with E-state index in [4.69, 9.17) is 6.42 Å². The zero-order chi connectivity index (χ0) is 8.74. The molecule has 0 radical (unpaired) electrons. The van der Waals surface area contributed by atoms with Crippen molar-refractivity contribution < 1.29 is 5.11 Å². The minimum absolute atomic E-state index is 0.572. The summed E-state index contributed by atoms with van der Waals surface area (Å²) in [4.78, 5) is 0. The van der Waals surface area contributed by atoms with E-state index in [1.165, 1.54) is 0 Å². The van der Waals surface area contributed by atoms with Crippen molar-refractivity contribution in [2.45, 2.75) is 38.7 Å². The molecule has 11 heavy (non-hydrogen) atoms. The number of rotatable bonds is 3. The molecular formula is C10H14O. The fourth-order valence-electron chi connectivity index (χ4n) is 0.723. The average molecular weight is 150 g/mol. The predicted molar refractivity (Wildman–Crippen MR) is 46.8 cm³/mol. The van der Waals surface area contributed by atoms with Gasteiger partial charge in [0.1, 0.15) is 0 Å². The first-order chi connectivity index (χ1) is 5.06. The molecule has 1 heteroatoms. The van der Waals surface area contributed by atoms with Crippen LogP contribution in [0.1, 0.15) is 33.1 Å². The van der Waals surface area contributed by atoms with Crippen LogP contribution in [-0.2, 0) is 0 Å². The SMILES string of the molecule is C#CC#CCCCC(C)(C)O. The normalized spacial score (nSPS) is 9.64. The Morgan fingerprint density at radius 1 is 1.45 bits per heavy atom. The Kier molecular flexibility index (Phi) is 4.42. The molecule has 0 aliphatic rings. The van der Waals surface area contributed by atoms with Crippen LogP contribution in [0.15, 0.2) is 0 Å². The molecule has 0 atom stereocenters. The lowest BCUT2D eigenvalue weighted by molar-refractivity contribution is 0.0693. The fraction of sp³-hybridized carbons (Fsp3) is 0.600. The maximum absolute atomic E-state index is 9.29. The van der Waals surface area contributed by atoms with Crippen LogP contribution in [-0.4, -0.2) is 10.7 Å². The van der Waals surface area contributed by atoms with E-state index in [2.05, 4.69) is 17.8 Å². The van der Waals surface area contributed by atoms with E-state index < -0.39 is 5.60 Å². The van der Waals surface area contributed by atoms with Gasteiger partial charge in [-0.2, -0.15) is 0 Å². The standard InChI is InChI=1S/C10H14O/c1-4-5-6-7-8-9-10(2,3)11/h1,11H,7-9H2,2-3H3. The Balaban J connectivity index is 3.38. The van der Waals surface area contributed by atoms with Gasteiger partial charge in [0.2, 0.25) is 0 Å². The summed E-state index contributed by atoms with van der Waals surface area (Å²) in [7, 11) is 0. The lowest BCUT2D eigenvalue weighted by Crippen LogP contribution is -2.17. The summed E-state index contributed by atoms with van der Waals surface area (Å²) in [5, 5.41) is 9.29. The third-order valence-corrected chi connectivity index (χ3v) is 1.25. The molecule has 1 nitrogen and oxygen atoms in total. The zero-order valence-electron chi connectivity index (χ0n) is 7.15. The van der Waals surface area contributed by atoms with E-state index >= 15 is 0 Å². The number of hydrogen-bond donors (Lipinski definition) is 1. The van der Waals surface area contributed by atoms with Crippen molar-refractivity contribution in [3.8, 4) is 24.2 Å². The van der Waals surface area contributed by atoms with Gasteiger partial charge in [0.05, 0.1) is 5.60 Å². The molecule has 0 bridgehead atoms. The summed E-state index contributed by atoms with van der Waals surface area (Å²) in [6, 6.07) is 0. The summed E-state index contributed by atoms with van der Waals surface area (Å²) in [5.41, 5.74) is -0.572. The predicted octanol–water partition coefficient (Wildman–Crippen LogP) is 1.56. The van der Waals surface area contributed by atoms with Crippen molar-refractivity contribution in [3.05, 3.63) is 0 Å². The van der Waals surface area contributed by atoms with E-state index in [0.717, 1.165) is 19.3 Å². The van der Waals surface area contributed by atoms with Crippen LogP contribution in [0.2, 0.25) is 0 Å². The van der Waals surface area contributed by atoms with Crippen LogP contribution in [0.25, 0.3) is 0 Å². The van der Waals surface area contributed by atoms with Gasteiger partial charge in [-0.25, -0.2) is 0 Å². The van der Waals surface area contributed by atoms with Gasteiger partial charge in [-0.15, -0.1) is 6.42 Å². The van der Waals surface area contributed by atoms with Gasteiger partial charge in [0.15, 0.2) is 0 Å². The molecule has 1 N–H and O–H groups in total. The van der Waals surface area contributed by atoms with Gasteiger partial charge in [-0.1, -0.05) is 5.92 Å². The van der Waals surface area contributed by atoms with E-state index in [1.807, 2.05) is 0 Å². The van der Waals surface area contributed by atoms with Gasteiger partial charge in [0.25, 0.3) is 0 Å². The van der Waals surface area contributed by atoms with Crippen molar-refractivity contribution in [1.29, 1.82) is 0 Å². The van der Waals surface area contributed by atoms with Crippen molar-refractivity contribution >= 4 is 0 Å². The van der Waals surface area contributed by atoms with Crippen LogP contribution in [0.5, 0.6) is 0 Å². The largest absolute Gasteiger partial charge is 0.390 e. The first-order valence-corrected chi connectivity index (χ1v) is 3.72. The number of aliphatic hydroxyl groups is 1. The van der Waals surface area contributed by atoms with E-state index in [-0.39, 0.29) is 0 Å². The monoisotopic (exact) mass is 150 g/mol. The smallest absolute Gasteiger partial charge is 0.0592 e. The van der Waals surface area contributed by atoms with Gasteiger partial charge in [0, 0.05) is 6.42 Å². The molecular weight excluding hydrogens is 136 g/mol. The Morgan fingerprint density at radius 2 is 2.09 bits per heavy atom. The first-order valence-electron chi connectivity index (χ1n) is 3.72. The maximum atomic E-state index is 9.29. The molecule has 0 aliphatic heterocycles. The molecule has 0 aromatic carbocycles. The van der Waals surface area contributed by atoms with Crippen molar-refractivity contribution in [3.63, 3.8) is 0 Å².